The standard InChI is InChI=1S/C13H15N3O3S/c1-6-8(12(19-3)16(2)15-6)11-14-9(7-4-5-7)10(20-11)13(17)18/h7H,4-5H2,1-3H3,(H,17,18). The molecule has 1 aliphatic carbocycles. The van der Waals surface area contributed by atoms with Crippen LogP contribution >= 0.6 is 11.3 Å². The minimum atomic E-state index is -0.906. The van der Waals surface area contributed by atoms with Crippen molar-refractivity contribution in [2.24, 2.45) is 7.05 Å². The lowest BCUT2D eigenvalue weighted by molar-refractivity contribution is 0.0700. The summed E-state index contributed by atoms with van der Waals surface area (Å²) in [5.41, 5.74) is 2.29. The van der Waals surface area contributed by atoms with Crippen LogP contribution in [0.15, 0.2) is 0 Å². The molecule has 1 aliphatic rings. The Kier molecular flexibility index (Phi) is 3.01. The number of aromatic carboxylic acids is 1. The van der Waals surface area contributed by atoms with E-state index < -0.39 is 5.97 Å². The maximum Gasteiger partial charge on any atom is 0.347 e. The van der Waals surface area contributed by atoms with Gasteiger partial charge in [-0.05, 0) is 19.8 Å². The van der Waals surface area contributed by atoms with Crippen LogP contribution in [0.1, 0.15) is 39.8 Å². The molecule has 0 bridgehead atoms. The van der Waals surface area contributed by atoms with Crippen LogP contribution in [-0.4, -0.2) is 33.0 Å². The third kappa shape index (κ3) is 1.98. The Balaban J connectivity index is 2.15. The monoisotopic (exact) mass is 293 g/mol. The SMILES string of the molecule is COc1c(-c2nc(C3CC3)c(C(=O)O)s2)c(C)nn1C. The molecule has 0 atom stereocenters. The molecule has 2 aromatic heterocycles. The van der Waals surface area contributed by atoms with E-state index in [4.69, 9.17) is 4.74 Å². The Morgan fingerprint density at radius 2 is 2.20 bits per heavy atom. The first-order valence-corrected chi connectivity index (χ1v) is 7.16. The van der Waals surface area contributed by atoms with Crippen LogP contribution in [0, 0.1) is 6.92 Å². The molecule has 0 aromatic carbocycles. The number of methoxy groups -OCH3 is 1. The summed E-state index contributed by atoms with van der Waals surface area (Å²) in [6.45, 7) is 1.87. The summed E-state index contributed by atoms with van der Waals surface area (Å²) in [5.74, 6) is 0.000711. The van der Waals surface area contributed by atoms with Gasteiger partial charge in [-0.2, -0.15) is 5.10 Å². The van der Waals surface area contributed by atoms with Gasteiger partial charge in [-0.15, -0.1) is 11.3 Å². The third-order valence-corrected chi connectivity index (χ3v) is 4.47. The normalized spacial score (nSPS) is 14.6. The van der Waals surface area contributed by atoms with Crippen molar-refractivity contribution < 1.29 is 14.6 Å². The van der Waals surface area contributed by atoms with Crippen LogP contribution in [-0.2, 0) is 7.05 Å². The fourth-order valence-corrected chi connectivity index (χ4v) is 3.42. The second kappa shape index (κ2) is 4.59. The molecule has 0 spiro atoms. The van der Waals surface area contributed by atoms with Crippen molar-refractivity contribution in [2.45, 2.75) is 25.7 Å². The third-order valence-electron chi connectivity index (χ3n) is 3.39. The molecule has 2 aromatic rings. The fraction of sp³-hybridized carbons (Fsp3) is 0.462. The Hall–Kier alpha value is -1.89. The molecule has 6 nitrogen and oxygen atoms in total. The Labute approximate surface area is 120 Å². The van der Waals surface area contributed by atoms with E-state index in [1.54, 1.807) is 18.8 Å². The van der Waals surface area contributed by atoms with Crippen molar-refractivity contribution in [1.29, 1.82) is 0 Å². The first kappa shape index (κ1) is 13.1. The topological polar surface area (TPSA) is 77.2 Å². The smallest absolute Gasteiger partial charge is 0.347 e. The number of carbonyl (C=O) groups is 1. The zero-order chi connectivity index (χ0) is 14.4. The van der Waals surface area contributed by atoms with Gasteiger partial charge in [0.2, 0.25) is 5.88 Å². The van der Waals surface area contributed by atoms with Crippen LogP contribution in [0.5, 0.6) is 5.88 Å². The number of ether oxygens (including phenoxy) is 1. The van der Waals surface area contributed by atoms with Gasteiger partial charge in [0.25, 0.3) is 0 Å². The second-order valence-electron chi connectivity index (χ2n) is 4.91. The molecule has 0 amide bonds. The Morgan fingerprint density at radius 1 is 1.50 bits per heavy atom. The van der Waals surface area contributed by atoms with E-state index in [1.807, 2.05) is 6.92 Å². The lowest BCUT2D eigenvalue weighted by Crippen LogP contribution is -1.97. The highest BCUT2D eigenvalue weighted by Crippen LogP contribution is 2.45. The van der Waals surface area contributed by atoms with Gasteiger partial charge >= 0.3 is 5.97 Å². The predicted molar refractivity (Wildman–Crippen MR) is 74.5 cm³/mol. The summed E-state index contributed by atoms with van der Waals surface area (Å²) in [6, 6.07) is 0. The van der Waals surface area contributed by atoms with E-state index in [-0.39, 0.29) is 0 Å². The number of thiazole rings is 1. The summed E-state index contributed by atoms with van der Waals surface area (Å²) in [5, 5.41) is 14.3. The van der Waals surface area contributed by atoms with Gasteiger partial charge < -0.3 is 9.84 Å². The Bertz CT molecular complexity index is 685. The predicted octanol–water partition coefficient (Wildman–Crippen LogP) is 2.44. The summed E-state index contributed by atoms with van der Waals surface area (Å²) in [6.07, 6.45) is 2.04. The average molecular weight is 293 g/mol. The number of nitrogens with zero attached hydrogens (tertiary/aromatic N) is 3. The molecule has 20 heavy (non-hydrogen) atoms. The van der Waals surface area contributed by atoms with E-state index in [0.29, 0.717) is 27.4 Å². The molecule has 7 heteroatoms. The molecule has 0 radical (unpaired) electrons. The molecule has 3 rings (SSSR count). The number of aryl methyl sites for hydroxylation is 2. The Morgan fingerprint density at radius 3 is 2.75 bits per heavy atom. The number of rotatable bonds is 4. The van der Waals surface area contributed by atoms with Gasteiger partial charge in [0.15, 0.2) is 0 Å². The zero-order valence-electron chi connectivity index (χ0n) is 11.5. The molecule has 106 valence electrons. The van der Waals surface area contributed by atoms with Gasteiger partial charge in [0.05, 0.1) is 24.1 Å². The number of hydrogen-bond acceptors (Lipinski definition) is 5. The lowest BCUT2D eigenvalue weighted by atomic mass is 10.2. The lowest BCUT2D eigenvalue weighted by Gasteiger charge is -2.01. The van der Waals surface area contributed by atoms with E-state index in [0.717, 1.165) is 24.1 Å². The maximum atomic E-state index is 11.4. The minimum absolute atomic E-state index is 0.300. The summed E-state index contributed by atoms with van der Waals surface area (Å²) in [4.78, 5) is 16.3. The van der Waals surface area contributed by atoms with Crippen molar-refractivity contribution >= 4 is 17.3 Å². The summed E-state index contributed by atoms with van der Waals surface area (Å²) in [7, 11) is 3.37. The second-order valence-corrected chi connectivity index (χ2v) is 5.91. The van der Waals surface area contributed by atoms with Crippen molar-refractivity contribution in [3.63, 3.8) is 0 Å². The number of hydrogen-bond donors (Lipinski definition) is 1. The van der Waals surface area contributed by atoms with Gasteiger partial charge in [-0.25, -0.2) is 14.5 Å². The maximum absolute atomic E-state index is 11.4. The van der Waals surface area contributed by atoms with Crippen LogP contribution in [0.25, 0.3) is 10.6 Å². The van der Waals surface area contributed by atoms with Gasteiger partial charge in [-0.1, -0.05) is 0 Å². The molecule has 1 fully saturated rings. The molecular formula is C13H15N3O3S. The molecule has 2 heterocycles. The van der Waals surface area contributed by atoms with Crippen molar-refractivity contribution in [3.05, 3.63) is 16.3 Å². The molecule has 0 aliphatic heterocycles. The number of aromatic nitrogens is 3. The highest BCUT2D eigenvalue weighted by Gasteiger charge is 2.33. The molecule has 0 unspecified atom stereocenters. The number of carboxylic acids is 1. The van der Waals surface area contributed by atoms with Crippen molar-refractivity contribution in [3.8, 4) is 16.5 Å². The summed E-state index contributed by atoms with van der Waals surface area (Å²) < 4.78 is 7.00. The molecule has 0 saturated heterocycles. The highest BCUT2D eigenvalue weighted by atomic mass is 32.1. The van der Waals surface area contributed by atoms with E-state index >= 15 is 0 Å². The van der Waals surface area contributed by atoms with Gasteiger partial charge in [0.1, 0.15) is 9.88 Å². The zero-order valence-corrected chi connectivity index (χ0v) is 12.3. The number of carboxylic acid groups (broad SMARTS) is 1. The largest absolute Gasteiger partial charge is 0.481 e. The molecule has 1 saturated carbocycles. The van der Waals surface area contributed by atoms with Crippen LogP contribution in [0.4, 0.5) is 0 Å². The van der Waals surface area contributed by atoms with Crippen molar-refractivity contribution in [2.75, 3.05) is 7.11 Å². The van der Waals surface area contributed by atoms with Crippen LogP contribution < -0.4 is 4.74 Å². The highest BCUT2D eigenvalue weighted by molar-refractivity contribution is 7.17. The van der Waals surface area contributed by atoms with E-state index in [9.17, 15) is 9.90 Å². The van der Waals surface area contributed by atoms with Crippen molar-refractivity contribution in [1.82, 2.24) is 14.8 Å². The summed E-state index contributed by atoms with van der Waals surface area (Å²) >= 11 is 1.20. The quantitative estimate of drug-likeness (QED) is 0.936. The minimum Gasteiger partial charge on any atom is -0.481 e. The molecule has 1 N–H and O–H groups in total. The first-order valence-electron chi connectivity index (χ1n) is 6.35. The fourth-order valence-electron chi connectivity index (χ4n) is 2.34. The van der Waals surface area contributed by atoms with E-state index in [2.05, 4.69) is 10.1 Å². The van der Waals surface area contributed by atoms with Crippen LogP contribution in [0.2, 0.25) is 0 Å². The van der Waals surface area contributed by atoms with Gasteiger partial charge in [0, 0.05) is 13.0 Å². The van der Waals surface area contributed by atoms with E-state index in [1.165, 1.54) is 11.3 Å². The van der Waals surface area contributed by atoms with Crippen LogP contribution in [0.3, 0.4) is 0 Å². The molecular weight excluding hydrogens is 278 g/mol. The average Bonchev–Trinajstić information content (AvgIpc) is 3.07. The first-order chi connectivity index (χ1) is 9.52. The van der Waals surface area contributed by atoms with Gasteiger partial charge in [-0.3, -0.25) is 0 Å².